The van der Waals surface area contributed by atoms with Crippen LogP contribution < -0.4 is 10.1 Å². The summed E-state index contributed by atoms with van der Waals surface area (Å²) in [5.74, 6) is -0.170. The molecule has 0 spiro atoms. The fraction of sp³-hybridized carbons (Fsp3) is 0.278. The first kappa shape index (κ1) is 18.8. The van der Waals surface area contributed by atoms with Crippen molar-refractivity contribution in [2.24, 2.45) is 0 Å². The molecule has 0 radical (unpaired) electrons. The zero-order valence-corrected chi connectivity index (χ0v) is 13.5. The Morgan fingerprint density at radius 1 is 1.08 bits per heavy atom. The lowest BCUT2D eigenvalue weighted by molar-refractivity contribution is -0.263. The maximum absolute atomic E-state index is 13.4. The van der Waals surface area contributed by atoms with Crippen LogP contribution in [0, 0.1) is 0 Å². The number of halogens is 3. The molecule has 4 nitrogen and oxygen atoms in total. The summed E-state index contributed by atoms with van der Waals surface area (Å²) in [5.41, 5.74) is -3.34. The standard InChI is InChI=1S/C18H18F3NO3/c1-2-25-15-10-8-13(9-11-15)16(23)22-12-17(24,18(19,20)21)14-6-4-3-5-7-14/h3-11,24H,2,12H2,1H3,(H,22,23). The van der Waals surface area contributed by atoms with Crippen molar-refractivity contribution in [3.8, 4) is 5.75 Å². The zero-order valence-electron chi connectivity index (χ0n) is 13.5. The van der Waals surface area contributed by atoms with Gasteiger partial charge in [0.05, 0.1) is 13.2 Å². The van der Waals surface area contributed by atoms with Crippen LogP contribution in [0.4, 0.5) is 13.2 Å². The Labute approximate surface area is 143 Å². The topological polar surface area (TPSA) is 58.6 Å². The van der Waals surface area contributed by atoms with Gasteiger partial charge in [-0.1, -0.05) is 30.3 Å². The molecule has 7 heteroatoms. The van der Waals surface area contributed by atoms with Crippen LogP contribution in [0.25, 0.3) is 0 Å². The van der Waals surface area contributed by atoms with Crippen molar-refractivity contribution in [3.63, 3.8) is 0 Å². The predicted octanol–water partition coefficient (Wildman–Crippen LogP) is 3.27. The molecule has 2 N–H and O–H groups in total. The van der Waals surface area contributed by atoms with Crippen LogP contribution in [-0.2, 0) is 5.60 Å². The molecule has 1 atom stereocenters. The van der Waals surface area contributed by atoms with E-state index in [1.807, 2.05) is 6.92 Å². The first-order valence-corrected chi connectivity index (χ1v) is 7.63. The number of amides is 1. The second-order valence-electron chi connectivity index (χ2n) is 5.36. The van der Waals surface area contributed by atoms with E-state index in [0.717, 1.165) is 12.1 Å². The highest BCUT2D eigenvalue weighted by Crippen LogP contribution is 2.38. The van der Waals surface area contributed by atoms with Gasteiger partial charge in [-0.2, -0.15) is 13.2 Å². The number of carbonyl (C=O) groups is 1. The van der Waals surface area contributed by atoms with Crippen molar-refractivity contribution in [1.82, 2.24) is 5.32 Å². The third-order valence-electron chi connectivity index (χ3n) is 3.65. The Morgan fingerprint density at radius 3 is 2.20 bits per heavy atom. The normalized spacial score (nSPS) is 13.8. The van der Waals surface area contributed by atoms with Gasteiger partial charge in [0.1, 0.15) is 5.75 Å². The van der Waals surface area contributed by atoms with Gasteiger partial charge in [-0.3, -0.25) is 4.79 Å². The monoisotopic (exact) mass is 353 g/mol. The number of hydrogen-bond donors (Lipinski definition) is 2. The minimum Gasteiger partial charge on any atom is -0.494 e. The highest BCUT2D eigenvalue weighted by molar-refractivity contribution is 5.94. The van der Waals surface area contributed by atoms with Crippen LogP contribution >= 0.6 is 0 Å². The van der Waals surface area contributed by atoms with Crippen molar-refractivity contribution in [2.45, 2.75) is 18.7 Å². The summed E-state index contributed by atoms with van der Waals surface area (Å²) < 4.78 is 45.3. The van der Waals surface area contributed by atoms with Crippen LogP contribution in [0.3, 0.4) is 0 Å². The molecular formula is C18H18F3NO3. The van der Waals surface area contributed by atoms with E-state index in [2.05, 4.69) is 5.32 Å². The molecule has 0 bridgehead atoms. The van der Waals surface area contributed by atoms with Gasteiger partial charge in [-0.15, -0.1) is 0 Å². The molecule has 1 amide bonds. The number of alkyl halides is 3. The number of nitrogens with one attached hydrogen (secondary N) is 1. The quantitative estimate of drug-likeness (QED) is 0.838. The molecule has 0 aliphatic rings. The smallest absolute Gasteiger partial charge is 0.423 e. The van der Waals surface area contributed by atoms with E-state index in [4.69, 9.17) is 4.74 Å². The van der Waals surface area contributed by atoms with Crippen LogP contribution in [-0.4, -0.2) is 30.3 Å². The number of hydrogen-bond acceptors (Lipinski definition) is 3. The first-order valence-electron chi connectivity index (χ1n) is 7.63. The molecule has 25 heavy (non-hydrogen) atoms. The van der Waals surface area contributed by atoms with Crippen molar-refractivity contribution in [3.05, 3.63) is 65.7 Å². The second kappa shape index (κ2) is 7.57. The van der Waals surface area contributed by atoms with Gasteiger partial charge in [0.25, 0.3) is 5.91 Å². The largest absolute Gasteiger partial charge is 0.494 e. The van der Waals surface area contributed by atoms with Crippen LogP contribution in [0.1, 0.15) is 22.8 Å². The molecule has 0 saturated carbocycles. The van der Waals surface area contributed by atoms with E-state index in [-0.39, 0.29) is 11.1 Å². The van der Waals surface area contributed by atoms with Gasteiger partial charge in [-0.25, -0.2) is 0 Å². The fourth-order valence-corrected chi connectivity index (χ4v) is 2.26. The Bertz CT molecular complexity index is 702. The van der Waals surface area contributed by atoms with E-state index in [0.29, 0.717) is 12.4 Å². The summed E-state index contributed by atoms with van der Waals surface area (Å²) in [5, 5.41) is 12.3. The Kier molecular flexibility index (Phi) is 5.69. The second-order valence-corrected chi connectivity index (χ2v) is 5.36. The van der Waals surface area contributed by atoms with Crippen LogP contribution in [0.2, 0.25) is 0 Å². The highest BCUT2D eigenvalue weighted by atomic mass is 19.4. The molecule has 2 rings (SSSR count). The third kappa shape index (κ3) is 4.30. The summed E-state index contributed by atoms with van der Waals surface area (Å²) in [6.07, 6.45) is -4.94. The summed E-state index contributed by atoms with van der Waals surface area (Å²) in [6.45, 7) is 1.27. The molecule has 0 aliphatic heterocycles. The van der Waals surface area contributed by atoms with E-state index in [1.165, 1.54) is 24.3 Å². The first-order chi connectivity index (χ1) is 11.8. The fourth-order valence-electron chi connectivity index (χ4n) is 2.26. The highest BCUT2D eigenvalue weighted by Gasteiger charge is 2.55. The molecule has 0 aliphatic carbocycles. The third-order valence-corrected chi connectivity index (χ3v) is 3.65. The van der Waals surface area contributed by atoms with E-state index >= 15 is 0 Å². The average Bonchev–Trinajstić information content (AvgIpc) is 2.60. The minimum atomic E-state index is -4.94. The van der Waals surface area contributed by atoms with Crippen molar-refractivity contribution in [2.75, 3.05) is 13.2 Å². The maximum atomic E-state index is 13.4. The molecule has 2 aromatic rings. The summed E-state index contributed by atoms with van der Waals surface area (Å²) in [7, 11) is 0. The van der Waals surface area contributed by atoms with E-state index in [1.54, 1.807) is 18.2 Å². The van der Waals surface area contributed by atoms with Gasteiger partial charge in [0.2, 0.25) is 5.60 Å². The predicted molar refractivity (Wildman–Crippen MR) is 86.3 cm³/mol. The molecule has 1 unspecified atom stereocenters. The van der Waals surface area contributed by atoms with Gasteiger partial charge in [-0.05, 0) is 36.8 Å². The van der Waals surface area contributed by atoms with Crippen molar-refractivity contribution in [1.29, 1.82) is 0 Å². The number of carbonyl (C=O) groups excluding carboxylic acids is 1. The average molecular weight is 353 g/mol. The SMILES string of the molecule is CCOc1ccc(C(=O)NCC(O)(c2ccccc2)C(F)(F)F)cc1. The zero-order chi connectivity index (χ0) is 18.5. The Balaban J connectivity index is 2.14. The lowest BCUT2D eigenvalue weighted by atomic mass is 9.93. The summed E-state index contributed by atoms with van der Waals surface area (Å²) >= 11 is 0. The molecule has 2 aromatic carbocycles. The molecule has 0 saturated heterocycles. The Morgan fingerprint density at radius 2 is 1.68 bits per heavy atom. The van der Waals surface area contributed by atoms with Crippen molar-refractivity contribution >= 4 is 5.91 Å². The van der Waals surface area contributed by atoms with Gasteiger partial charge >= 0.3 is 6.18 Å². The number of rotatable bonds is 6. The van der Waals surface area contributed by atoms with Gasteiger partial charge in [0, 0.05) is 5.56 Å². The Hall–Kier alpha value is -2.54. The minimum absolute atomic E-state index is 0.168. The number of benzene rings is 2. The number of aliphatic hydroxyl groups is 1. The van der Waals surface area contributed by atoms with Crippen molar-refractivity contribution < 1.29 is 27.8 Å². The molecule has 0 fully saturated rings. The molecule has 134 valence electrons. The van der Waals surface area contributed by atoms with Crippen LogP contribution in [0.15, 0.2) is 54.6 Å². The summed E-state index contributed by atoms with van der Waals surface area (Å²) in [6, 6.07) is 12.6. The lowest BCUT2D eigenvalue weighted by Gasteiger charge is -2.31. The van der Waals surface area contributed by atoms with Crippen LogP contribution in [0.5, 0.6) is 5.75 Å². The van der Waals surface area contributed by atoms with E-state index < -0.39 is 24.2 Å². The number of ether oxygens (including phenoxy) is 1. The maximum Gasteiger partial charge on any atom is 0.423 e. The van der Waals surface area contributed by atoms with Gasteiger partial charge in [0.15, 0.2) is 0 Å². The summed E-state index contributed by atoms with van der Waals surface area (Å²) in [4.78, 5) is 12.1. The molecular weight excluding hydrogens is 335 g/mol. The van der Waals surface area contributed by atoms with Gasteiger partial charge < -0.3 is 15.2 Å². The molecule has 0 heterocycles. The lowest BCUT2D eigenvalue weighted by Crippen LogP contribution is -2.51. The molecule has 0 aromatic heterocycles. The van der Waals surface area contributed by atoms with E-state index in [9.17, 15) is 23.1 Å².